The number of aliphatic carboxylic acids is 1. The van der Waals surface area contributed by atoms with E-state index in [2.05, 4.69) is 4.72 Å². The van der Waals surface area contributed by atoms with Crippen LogP contribution in [0.4, 0.5) is 0 Å². The van der Waals surface area contributed by atoms with E-state index in [1.54, 1.807) is 26.8 Å². The third-order valence-electron chi connectivity index (χ3n) is 3.04. The zero-order chi connectivity index (χ0) is 15.5. The molecule has 0 heterocycles. The zero-order valence-corrected chi connectivity index (χ0v) is 13.1. The molecule has 112 valence electrons. The third kappa shape index (κ3) is 4.19. The van der Waals surface area contributed by atoms with Gasteiger partial charge in [-0.05, 0) is 36.6 Å². The van der Waals surface area contributed by atoms with Gasteiger partial charge in [0.05, 0.1) is 10.8 Å². The van der Waals surface area contributed by atoms with Gasteiger partial charge >= 0.3 is 5.97 Å². The summed E-state index contributed by atoms with van der Waals surface area (Å²) in [5.74, 6) is -1.95. The van der Waals surface area contributed by atoms with E-state index < -0.39 is 21.9 Å². The van der Waals surface area contributed by atoms with Gasteiger partial charge in [-0.2, -0.15) is 0 Å². The Kier molecular flexibility index (Phi) is 5.56. The maximum absolute atomic E-state index is 12.2. The largest absolute Gasteiger partial charge is 0.481 e. The molecule has 20 heavy (non-hydrogen) atoms. The number of carboxylic acid groups (broad SMARTS) is 1. The Hall–Kier alpha value is -1.11. The van der Waals surface area contributed by atoms with Crippen molar-refractivity contribution in [2.45, 2.75) is 25.7 Å². The molecule has 0 radical (unpaired) electrons. The summed E-state index contributed by atoms with van der Waals surface area (Å²) >= 11 is 5.78. The minimum Gasteiger partial charge on any atom is -0.481 e. The highest BCUT2D eigenvalue weighted by Crippen LogP contribution is 2.20. The van der Waals surface area contributed by atoms with Crippen molar-refractivity contribution in [3.63, 3.8) is 0 Å². The van der Waals surface area contributed by atoms with E-state index in [9.17, 15) is 13.2 Å². The number of benzene rings is 1. The summed E-state index contributed by atoms with van der Waals surface area (Å²) in [6, 6.07) is 4.44. The van der Waals surface area contributed by atoms with Crippen LogP contribution in [0.3, 0.4) is 0 Å². The number of carboxylic acids is 1. The van der Waals surface area contributed by atoms with Crippen LogP contribution in [0.25, 0.3) is 0 Å². The highest BCUT2D eigenvalue weighted by atomic mass is 35.5. The van der Waals surface area contributed by atoms with Gasteiger partial charge in [0, 0.05) is 11.6 Å². The fourth-order valence-corrected chi connectivity index (χ4v) is 3.31. The summed E-state index contributed by atoms with van der Waals surface area (Å²) in [6.07, 6.45) is 0. The summed E-state index contributed by atoms with van der Waals surface area (Å²) < 4.78 is 26.7. The van der Waals surface area contributed by atoms with Crippen LogP contribution in [0.15, 0.2) is 23.1 Å². The molecule has 0 saturated carbocycles. The third-order valence-corrected chi connectivity index (χ3v) is 4.86. The molecule has 2 N–H and O–H groups in total. The molecular weight excluding hydrogens is 302 g/mol. The van der Waals surface area contributed by atoms with E-state index in [4.69, 9.17) is 16.7 Å². The quantitative estimate of drug-likeness (QED) is 0.842. The molecule has 1 rings (SSSR count). The van der Waals surface area contributed by atoms with Crippen molar-refractivity contribution < 1.29 is 18.3 Å². The molecule has 0 fully saturated rings. The van der Waals surface area contributed by atoms with Crippen LogP contribution in [-0.2, 0) is 14.8 Å². The number of halogens is 1. The highest BCUT2D eigenvalue weighted by Gasteiger charge is 2.25. The highest BCUT2D eigenvalue weighted by molar-refractivity contribution is 7.89. The molecular formula is C13H18ClNO4S. The Morgan fingerprint density at radius 3 is 2.45 bits per heavy atom. The predicted octanol–water partition coefficient (Wildman–Crippen LogP) is 2.28. The topological polar surface area (TPSA) is 83.5 Å². The van der Waals surface area contributed by atoms with Crippen molar-refractivity contribution in [3.05, 3.63) is 28.8 Å². The van der Waals surface area contributed by atoms with Gasteiger partial charge in [-0.15, -0.1) is 0 Å². The molecule has 0 saturated heterocycles. The first-order chi connectivity index (χ1) is 9.15. The monoisotopic (exact) mass is 319 g/mol. The predicted molar refractivity (Wildman–Crippen MR) is 77.3 cm³/mol. The lowest BCUT2D eigenvalue weighted by Gasteiger charge is -2.17. The number of sulfonamides is 1. The van der Waals surface area contributed by atoms with Gasteiger partial charge in [-0.1, -0.05) is 25.4 Å². The number of carbonyl (C=O) groups is 1. The van der Waals surface area contributed by atoms with E-state index in [1.807, 2.05) is 0 Å². The van der Waals surface area contributed by atoms with Gasteiger partial charge in [-0.25, -0.2) is 13.1 Å². The SMILES string of the molecule is Cc1cc(Cl)ccc1S(=O)(=O)NCC(C(=O)O)C(C)C. The van der Waals surface area contributed by atoms with Gasteiger partial charge in [0.25, 0.3) is 0 Å². The van der Waals surface area contributed by atoms with E-state index >= 15 is 0 Å². The molecule has 1 unspecified atom stereocenters. The van der Waals surface area contributed by atoms with Crippen LogP contribution in [-0.4, -0.2) is 26.0 Å². The molecule has 5 nitrogen and oxygen atoms in total. The standard InChI is InChI=1S/C13H18ClNO4S/c1-8(2)11(13(16)17)7-15-20(18,19)12-5-4-10(14)6-9(12)3/h4-6,8,11,15H,7H2,1-3H3,(H,16,17). The van der Waals surface area contributed by atoms with E-state index in [-0.39, 0.29) is 17.4 Å². The van der Waals surface area contributed by atoms with Crippen LogP contribution in [0.1, 0.15) is 19.4 Å². The number of nitrogens with one attached hydrogen (secondary N) is 1. The second-order valence-electron chi connectivity index (χ2n) is 4.95. The van der Waals surface area contributed by atoms with Crippen LogP contribution < -0.4 is 4.72 Å². The van der Waals surface area contributed by atoms with Crippen molar-refractivity contribution >= 4 is 27.6 Å². The number of aryl methyl sites for hydroxylation is 1. The first-order valence-electron chi connectivity index (χ1n) is 6.13. The molecule has 0 aliphatic heterocycles. The van der Waals surface area contributed by atoms with E-state index in [0.29, 0.717) is 10.6 Å². The number of rotatable bonds is 6. The molecule has 0 aromatic heterocycles. The molecule has 0 amide bonds. The van der Waals surface area contributed by atoms with Crippen LogP contribution >= 0.6 is 11.6 Å². The normalized spacial score (nSPS) is 13.4. The van der Waals surface area contributed by atoms with Crippen LogP contribution in [0.2, 0.25) is 5.02 Å². The average Bonchev–Trinajstić information content (AvgIpc) is 2.26. The molecule has 1 aromatic rings. The van der Waals surface area contributed by atoms with E-state index in [0.717, 1.165) is 0 Å². The fourth-order valence-electron chi connectivity index (χ4n) is 1.80. The Morgan fingerprint density at radius 1 is 1.40 bits per heavy atom. The number of hydrogen-bond donors (Lipinski definition) is 2. The lowest BCUT2D eigenvalue weighted by molar-refractivity contribution is -0.142. The fraction of sp³-hybridized carbons (Fsp3) is 0.462. The maximum Gasteiger partial charge on any atom is 0.308 e. The Morgan fingerprint density at radius 2 is 2.00 bits per heavy atom. The van der Waals surface area contributed by atoms with Crippen molar-refractivity contribution in [3.8, 4) is 0 Å². The van der Waals surface area contributed by atoms with Crippen molar-refractivity contribution in [1.82, 2.24) is 4.72 Å². The van der Waals surface area contributed by atoms with Gasteiger partial charge in [-0.3, -0.25) is 4.79 Å². The molecule has 1 aromatic carbocycles. The smallest absolute Gasteiger partial charge is 0.308 e. The lowest BCUT2D eigenvalue weighted by Crippen LogP contribution is -2.35. The molecule has 1 atom stereocenters. The Bertz CT molecular complexity index is 598. The second kappa shape index (κ2) is 6.56. The van der Waals surface area contributed by atoms with Gasteiger partial charge in [0.15, 0.2) is 0 Å². The molecule has 0 aliphatic rings. The van der Waals surface area contributed by atoms with Crippen LogP contribution in [0, 0.1) is 18.8 Å². The first kappa shape index (κ1) is 16.9. The second-order valence-corrected chi connectivity index (χ2v) is 7.12. The molecule has 0 spiro atoms. The molecule has 0 bridgehead atoms. The Balaban J connectivity index is 2.93. The lowest BCUT2D eigenvalue weighted by atomic mass is 9.97. The van der Waals surface area contributed by atoms with Gasteiger partial charge in [0.1, 0.15) is 0 Å². The van der Waals surface area contributed by atoms with Crippen LogP contribution in [0.5, 0.6) is 0 Å². The van der Waals surface area contributed by atoms with Gasteiger partial charge in [0.2, 0.25) is 10.0 Å². The minimum atomic E-state index is -3.74. The summed E-state index contributed by atoms with van der Waals surface area (Å²) in [7, 11) is -3.74. The Labute approximate surface area is 124 Å². The molecule has 0 aliphatic carbocycles. The zero-order valence-electron chi connectivity index (χ0n) is 11.6. The summed E-state index contributed by atoms with van der Waals surface area (Å²) in [4.78, 5) is 11.2. The summed E-state index contributed by atoms with van der Waals surface area (Å²) in [5, 5.41) is 9.50. The van der Waals surface area contributed by atoms with Gasteiger partial charge < -0.3 is 5.11 Å². The summed E-state index contributed by atoms with van der Waals surface area (Å²) in [6.45, 7) is 4.97. The molecule has 7 heteroatoms. The summed E-state index contributed by atoms with van der Waals surface area (Å²) in [5.41, 5.74) is 0.515. The maximum atomic E-state index is 12.2. The first-order valence-corrected chi connectivity index (χ1v) is 8.00. The average molecular weight is 320 g/mol. The van der Waals surface area contributed by atoms with Crippen molar-refractivity contribution in [1.29, 1.82) is 0 Å². The van der Waals surface area contributed by atoms with Crippen molar-refractivity contribution in [2.75, 3.05) is 6.54 Å². The number of hydrogen-bond acceptors (Lipinski definition) is 3. The van der Waals surface area contributed by atoms with E-state index in [1.165, 1.54) is 12.1 Å². The van der Waals surface area contributed by atoms with Crippen molar-refractivity contribution in [2.24, 2.45) is 11.8 Å². The minimum absolute atomic E-state index is 0.106.